The van der Waals surface area contributed by atoms with E-state index in [1.165, 1.54) is 0 Å². The molecule has 0 spiro atoms. The highest BCUT2D eigenvalue weighted by Crippen LogP contribution is 2.13. The molecule has 0 unspecified atom stereocenters. The minimum absolute atomic E-state index is 0.366. The summed E-state index contributed by atoms with van der Waals surface area (Å²) in [6.45, 7) is 3.62. The van der Waals surface area contributed by atoms with E-state index in [9.17, 15) is 9.59 Å². The standard InChI is InChI=1S/C24H20Br2N4O2/c1-15(19-5-3-7-21(25)13-19)27-29-23(31)17-9-11-18(12-10-17)24(32)30-28-16(2)20-6-4-8-22(26)14-20/h3-14H,1-2H3,(H,29,31)(H,30,32)/b27-15+,28-16+. The molecule has 0 aliphatic heterocycles. The molecular formula is C24H20Br2N4O2. The fourth-order valence-corrected chi connectivity index (χ4v) is 3.53. The van der Waals surface area contributed by atoms with Gasteiger partial charge in [0.05, 0.1) is 11.4 Å². The molecule has 0 atom stereocenters. The smallest absolute Gasteiger partial charge is 0.267 e. The van der Waals surface area contributed by atoms with Crippen LogP contribution in [0.5, 0.6) is 0 Å². The molecule has 0 saturated heterocycles. The van der Waals surface area contributed by atoms with Crippen molar-refractivity contribution in [3.63, 3.8) is 0 Å². The third kappa shape index (κ3) is 6.45. The Labute approximate surface area is 203 Å². The lowest BCUT2D eigenvalue weighted by molar-refractivity contribution is 0.0943. The number of carbonyl (C=O) groups excluding carboxylic acids is 2. The van der Waals surface area contributed by atoms with Gasteiger partial charge < -0.3 is 0 Å². The van der Waals surface area contributed by atoms with Crippen molar-refractivity contribution < 1.29 is 9.59 Å². The Balaban J connectivity index is 1.61. The van der Waals surface area contributed by atoms with E-state index in [2.05, 4.69) is 52.9 Å². The van der Waals surface area contributed by atoms with E-state index < -0.39 is 0 Å². The third-order valence-corrected chi connectivity index (χ3v) is 5.53. The summed E-state index contributed by atoms with van der Waals surface area (Å²) in [7, 11) is 0. The molecule has 0 aliphatic carbocycles. The topological polar surface area (TPSA) is 82.9 Å². The zero-order chi connectivity index (χ0) is 23.1. The van der Waals surface area contributed by atoms with Gasteiger partial charge in [-0.25, -0.2) is 10.9 Å². The number of carbonyl (C=O) groups is 2. The van der Waals surface area contributed by atoms with Gasteiger partial charge in [0.1, 0.15) is 0 Å². The van der Waals surface area contributed by atoms with Crippen molar-refractivity contribution in [1.82, 2.24) is 10.9 Å². The summed E-state index contributed by atoms with van der Waals surface area (Å²) in [5, 5.41) is 8.30. The zero-order valence-corrected chi connectivity index (χ0v) is 20.6. The van der Waals surface area contributed by atoms with Crippen molar-refractivity contribution in [2.75, 3.05) is 0 Å². The van der Waals surface area contributed by atoms with Crippen molar-refractivity contribution in [2.45, 2.75) is 13.8 Å². The number of hydrazone groups is 2. The lowest BCUT2D eigenvalue weighted by Gasteiger charge is -2.06. The molecule has 6 nitrogen and oxygen atoms in total. The quantitative estimate of drug-likeness (QED) is 0.310. The van der Waals surface area contributed by atoms with E-state index in [0.717, 1.165) is 20.1 Å². The normalized spacial score (nSPS) is 11.8. The van der Waals surface area contributed by atoms with E-state index in [-0.39, 0.29) is 11.8 Å². The molecule has 0 aliphatic rings. The first kappa shape index (κ1) is 23.6. The van der Waals surface area contributed by atoms with Gasteiger partial charge in [-0.15, -0.1) is 0 Å². The maximum absolute atomic E-state index is 12.4. The number of hydrogen-bond donors (Lipinski definition) is 2. The van der Waals surface area contributed by atoms with Crippen molar-refractivity contribution in [2.24, 2.45) is 10.2 Å². The maximum atomic E-state index is 12.4. The summed E-state index contributed by atoms with van der Waals surface area (Å²) >= 11 is 6.83. The van der Waals surface area contributed by atoms with Crippen LogP contribution >= 0.6 is 31.9 Å². The Hall–Kier alpha value is -3.10. The van der Waals surface area contributed by atoms with Crippen LogP contribution in [0.1, 0.15) is 45.7 Å². The van der Waals surface area contributed by atoms with Gasteiger partial charge >= 0.3 is 0 Å². The summed E-state index contributed by atoms with van der Waals surface area (Å²) < 4.78 is 1.86. The van der Waals surface area contributed by atoms with Gasteiger partial charge in [0.25, 0.3) is 11.8 Å². The summed E-state index contributed by atoms with van der Waals surface area (Å²) in [5.74, 6) is -0.732. The average molecular weight is 556 g/mol. The molecule has 0 fully saturated rings. The molecular weight excluding hydrogens is 536 g/mol. The van der Waals surface area contributed by atoms with E-state index in [1.807, 2.05) is 62.4 Å². The predicted octanol–water partition coefficient (Wildman–Crippen LogP) is 5.52. The fourth-order valence-electron chi connectivity index (χ4n) is 2.73. The highest BCUT2D eigenvalue weighted by Gasteiger charge is 2.09. The highest BCUT2D eigenvalue weighted by atomic mass is 79.9. The van der Waals surface area contributed by atoms with Crippen LogP contribution in [0.15, 0.2) is 91.9 Å². The van der Waals surface area contributed by atoms with Crippen LogP contribution in [-0.2, 0) is 0 Å². The van der Waals surface area contributed by atoms with E-state index >= 15 is 0 Å². The molecule has 3 aromatic rings. The Bertz CT molecular complexity index is 1110. The molecule has 162 valence electrons. The maximum Gasteiger partial charge on any atom is 0.271 e. The Kier molecular flexibility index (Phi) is 8.08. The highest BCUT2D eigenvalue weighted by molar-refractivity contribution is 9.10. The summed E-state index contributed by atoms with van der Waals surface area (Å²) in [5.41, 5.74) is 8.99. The van der Waals surface area contributed by atoms with Gasteiger partial charge in [-0.2, -0.15) is 10.2 Å². The number of amides is 2. The van der Waals surface area contributed by atoms with Gasteiger partial charge in [0.15, 0.2) is 0 Å². The number of halogens is 2. The van der Waals surface area contributed by atoms with Crippen molar-refractivity contribution in [1.29, 1.82) is 0 Å². The number of rotatable bonds is 6. The number of nitrogens with one attached hydrogen (secondary N) is 2. The second-order valence-corrected chi connectivity index (χ2v) is 8.71. The molecule has 0 heterocycles. The largest absolute Gasteiger partial charge is 0.271 e. The molecule has 3 rings (SSSR count). The molecule has 0 saturated carbocycles. The molecule has 3 aromatic carbocycles. The van der Waals surface area contributed by atoms with Crippen LogP contribution in [0.3, 0.4) is 0 Å². The monoisotopic (exact) mass is 554 g/mol. The number of nitrogens with zero attached hydrogens (tertiary/aromatic N) is 2. The van der Waals surface area contributed by atoms with Crippen LogP contribution in [-0.4, -0.2) is 23.2 Å². The van der Waals surface area contributed by atoms with Crippen molar-refractivity contribution in [3.05, 3.63) is 104 Å². The Morgan fingerprint density at radius 2 is 1.00 bits per heavy atom. The molecule has 0 bridgehead atoms. The molecule has 2 amide bonds. The van der Waals surface area contributed by atoms with E-state index in [0.29, 0.717) is 22.6 Å². The summed E-state index contributed by atoms with van der Waals surface area (Å²) in [6.07, 6.45) is 0. The zero-order valence-electron chi connectivity index (χ0n) is 17.4. The van der Waals surface area contributed by atoms with E-state index in [1.54, 1.807) is 24.3 Å². The second-order valence-electron chi connectivity index (χ2n) is 6.87. The van der Waals surface area contributed by atoms with E-state index in [4.69, 9.17) is 0 Å². The van der Waals surface area contributed by atoms with Crippen LogP contribution in [0.25, 0.3) is 0 Å². The fraction of sp³-hybridized carbons (Fsp3) is 0.0833. The minimum atomic E-state index is -0.366. The lowest BCUT2D eigenvalue weighted by Crippen LogP contribution is -2.21. The average Bonchev–Trinajstić information content (AvgIpc) is 2.80. The second kappa shape index (κ2) is 11.0. The summed E-state index contributed by atoms with van der Waals surface area (Å²) in [6, 6.07) is 21.5. The summed E-state index contributed by atoms with van der Waals surface area (Å²) in [4.78, 5) is 24.7. The van der Waals surface area contributed by atoms with Crippen LogP contribution in [0.4, 0.5) is 0 Å². The number of benzene rings is 3. The first-order valence-electron chi connectivity index (χ1n) is 9.64. The first-order chi connectivity index (χ1) is 15.3. The Morgan fingerprint density at radius 1 is 0.625 bits per heavy atom. The van der Waals surface area contributed by atoms with Crippen LogP contribution in [0.2, 0.25) is 0 Å². The molecule has 2 N–H and O–H groups in total. The van der Waals surface area contributed by atoms with Gasteiger partial charge in [-0.1, -0.05) is 56.1 Å². The molecule has 32 heavy (non-hydrogen) atoms. The Morgan fingerprint density at radius 3 is 1.34 bits per heavy atom. The van der Waals surface area contributed by atoms with Crippen molar-refractivity contribution in [3.8, 4) is 0 Å². The number of hydrogen-bond acceptors (Lipinski definition) is 4. The minimum Gasteiger partial charge on any atom is -0.267 e. The predicted molar refractivity (Wildman–Crippen MR) is 134 cm³/mol. The van der Waals surface area contributed by atoms with Gasteiger partial charge in [-0.05, 0) is 73.5 Å². The SMILES string of the molecule is C/C(=N\NC(=O)c1ccc(C(=O)N/N=C(\C)c2cccc(Br)c2)cc1)c1cccc(Br)c1. The van der Waals surface area contributed by atoms with Gasteiger partial charge in [0.2, 0.25) is 0 Å². The van der Waals surface area contributed by atoms with Gasteiger partial charge in [-0.3, -0.25) is 9.59 Å². The van der Waals surface area contributed by atoms with Crippen LogP contribution < -0.4 is 10.9 Å². The first-order valence-corrected chi connectivity index (χ1v) is 11.2. The molecule has 0 radical (unpaired) electrons. The van der Waals surface area contributed by atoms with Gasteiger partial charge in [0, 0.05) is 20.1 Å². The molecule has 0 aromatic heterocycles. The lowest BCUT2D eigenvalue weighted by atomic mass is 10.1. The van der Waals surface area contributed by atoms with Crippen LogP contribution in [0, 0.1) is 0 Å². The van der Waals surface area contributed by atoms with Crippen molar-refractivity contribution >= 4 is 55.1 Å². The third-order valence-electron chi connectivity index (χ3n) is 4.54. The molecule has 8 heteroatoms.